The molecule has 1 aromatic heterocycles. The highest BCUT2D eigenvalue weighted by Crippen LogP contribution is 2.07. The Kier molecular flexibility index (Phi) is 4.62. The molecule has 1 amide bonds. The third-order valence-corrected chi connectivity index (χ3v) is 2.57. The van der Waals surface area contributed by atoms with Gasteiger partial charge in [0.1, 0.15) is 25.2 Å². The first kappa shape index (κ1) is 13.1. The van der Waals surface area contributed by atoms with Crippen molar-refractivity contribution in [3.8, 4) is 0 Å². The summed E-state index contributed by atoms with van der Waals surface area (Å²) in [5.74, 6) is -1.53. The highest BCUT2D eigenvalue weighted by Gasteiger charge is 2.25. The fourth-order valence-electron chi connectivity index (χ4n) is 1.36. The fraction of sp³-hybridized carbons (Fsp3) is 0.600. The molecule has 0 saturated heterocycles. The number of carbonyl (C=O) groups is 2. The van der Waals surface area contributed by atoms with E-state index in [4.69, 9.17) is 5.11 Å². The molecule has 2 atom stereocenters. The Morgan fingerprint density at radius 1 is 1.53 bits per heavy atom. The molecule has 94 valence electrons. The second-order valence-electron chi connectivity index (χ2n) is 3.86. The predicted molar refractivity (Wildman–Crippen MR) is 59.0 cm³/mol. The molecule has 0 spiro atoms. The largest absolute Gasteiger partial charge is 0.480 e. The zero-order valence-electron chi connectivity index (χ0n) is 9.83. The molecule has 0 aromatic carbocycles. The average Bonchev–Trinajstić information content (AvgIpc) is 2.77. The number of hydrogen-bond acceptors (Lipinski definition) is 4. The van der Waals surface area contributed by atoms with Gasteiger partial charge in [0.25, 0.3) is 0 Å². The number of hydrogen-bond donors (Lipinski definition) is 2. The number of rotatable bonds is 6. The number of carboxylic acids is 1. The van der Waals surface area contributed by atoms with E-state index in [0.29, 0.717) is 6.42 Å². The number of nitrogens with one attached hydrogen (secondary N) is 1. The summed E-state index contributed by atoms with van der Waals surface area (Å²) >= 11 is 0. The molecule has 1 rings (SSSR count). The molecule has 1 aromatic rings. The molecule has 0 aliphatic heterocycles. The topological polar surface area (TPSA) is 97.1 Å². The van der Waals surface area contributed by atoms with Crippen LogP contribution in [0, 0.1) is 5.92 Å². The molecule has 0 saturated carbocycles. The van der Waals surface area contributed by atoms with E-state index in [2.05, 4.69) is 15.4 Å². The minimum atomic E-state index is -1.02. The minimum Gasteiger partial charge on any atom is -0.480 e. The van der Waals surface area contributed by atoms with E-state index in [1.54, 1.807) is 6.92 Å². The van der Waals surface area contributed by atoms with Crippen molar-refractivity contribution >= 4 is 11.9 Å². The lowest BCUT2D eigenvalue weighted by Gasteiger charge is -2.19. The lowest BCUT2D eigenvalue weighted by Crippen LogP contribution is -2.46. The Labute approximate surface area is 98.8 Å². The summed E-state index contributed by atoms with van der Waals surface area (Å²) in [4.78, 5) is 26.3. The first-order chi connectivity index (χ1) is 8.04. The summed E-state index contributed by atoms with van der Waals surface area (Å²) in [6.07, 6.45) is 3.40. The maximum Gasteiger partial charge on any atom is 0.326 e. The monoisotopic (exact) mass is 240 g/mol. The molecule has 0 aliphatic carbocycles. The van der Waals surface area contributed by atoms with Crippen LogP contribution >= 0.6 is 0 Å². The molecule has 17 heavy (non-hydrogen) atoms. The van der Waals surface area contributed by atoms with E-state index < -0.39 is 12.0 Å². The van der Waals surface area contributed by atoms with Crippen molar-refractivity contribution in [3.05, 3.63) is 12.7 Å². The molecule has 7 heteroatoms. The van der Waals surface area contributed by atoms with Crippen molar-refractivity contribution in [2.24, 2.45) is 5.92 Å². The van der Waals surface area contributed by atoms with Gasteiger partial charge in [-0.25, -0.2) is 14.5 Å². The van der Waals surface area contributed by atoms with Crippen LogP contribution in [0.3, 0.4) is 0 Å². The minimum absolute atomic E-state index is 0.0276. The number of amides is 1. The molecular weight excluding hydrogens is 224 g/mol. The molecule has 7 nitrogen and oxygen atoms in total. The van der Waals surface area contributed by atoms with Gasteiger partial charge >= 0.3 is 5.97 Å². The van der Waals surface area contributed by atoms with Crippen molar-refractivity contribution in [1.82, 2.24) is 20.1 Å². The van der Waals surface area contributed by atoms with Crippen LogP contribution in [0.15, 0.2) is 12.7 Å². The van der Waals surface area contributed by atoms with Crippen molar-refractivity contribution in [2.75, 3.05) is 0 Å². The van der Waals surface area contributed by atoms with Gasteiger partial charge in [-0.05, 0) is 5.92 Å². The summed E-state index contributed by atoms with van der Waals surface area (Å²) in [5.41, 5.74) is 0. The van der Waals surface area contributed by atoms with Crippen molar-refractivity contribution in [2.45, 2.75) is 32.9 Å². The molecule has 0 fully saturated rings. The zero-order chi connectivity index (χ0) is 12.8. The van der Waals surface area contributed by atoms with Gasteiger partial charge in [-0.1, -0.05) is 20.3 Å². The number of carbonyl (C=O) groups excluding carboxylic acids is 1. The van der Waals surface area contributed by atoms with Crippen LogP contribution in [0.25, 0.3) is 0 Å². The van der Waals surface area contributed by atoms with Gasteiger partial charge in [0, 0.05) is 0 Å². The average molecular weight is 240 g/mol. The Bertz CT molecular complexity index is 377. The number of aromatic nitrogens is 3. The maximum atomic E-state index is 11.6. The van der Waals surface area contributed by atoms with E-state index in [9.17, 15) is 9.59 Å². The van der Waals surface area contributed by atoms with Crippen LogP contribution in [-0.2, 0) is 16.1 Å². The van der Waals surface area contributed by atoms with Gasteiger partial charge in [0.05, 0.1) is 0 Å². The number of aliphatic carboxylic acids is 1. The van der Waals surface area contributed by atoms with Gasteiger partial charge < -0.3 is 10.4 Å². The third kappa shape index (κ3) is 3.86. The van der Waals surface area contributed by atoms with Gasteiger partial charge in [0.2, 0.25) is 5.91 Å². The van der Waals surface area contributed by atoms with E-state index >= 15 is 0 Å². The summed E-state index contributed by atoms with van der Waals surface area (Å²) in [6, 6.07) is -0.865. The van der Waals surface area contributed by atoms with Crippen LogP contribution < -0.4 is 5.32 Å². The van der Waals surface area contributed by atoms with Gasteiger partial charge in [-0.15, -0.1) is 0 Å². The lowest BCUT2D eigenvalue weighted by atomic mass is 9.99. The van der Waals surface area contributed by atoms with E-state index in [0.717, 1.165) is 0 Å². The van der Waals surface area contributed by atoms with Gasteiger partial charge in [0.15, 0.2) is 0 Å². The van der Waals surface area contributed by atoms with Crippen molar-refractivity contribution in [1.29, 1.82) is 0 Å². The van der Waals surface area contributed by atoms with Crippen molar-refractivity contribution < 1.29 is 14.7 Å². The predicted octanol–water partition coefficient (Wildman–Crippen LogP) is -0.106. The molecule has 0 aliphatic rings. The molecular formula is C10H16N4O3. The first-order valence-corrected chi connectivity index (χ1v) is 5.39. The Balaban J connectivity index is 2.55. The third-order valence-electron chi connectivity index (χ3n) is 2.57. The molecule has 2 N–H and O–H groups in total. The van der Waals surface area contributed by atoms with Crippen molar-refractivity contribution in [3.63, 3.8) is 0 Å². The van der Waals surface area contributed by atoms with Crippen LogP contribution in [0.2, 0.25) is 0 Å². The number of nitrogens with zero attached hydrogens (tertiary/aromatic N) is 3. The Hall–Kier alpha value is -1.92. The zero-order valence-corrected chi connectivity index (χ0v) is 9.83. The maximum absolute atomic E-state index is 11.6. The highest BCUT2D eigenvalue weighted by atomic mass is 16.4. The summed E-state index contributed by atoms with van der Waals surface area (Å²) < 4.78 is 1.34. The highest BCUT2D eigenvalue weighted by molar-refractivity contribution is 5.83. The van der Waals surface area contributed by atoms with Crippen LogP contribution in [-0.4, -0.2) is 37.8 Å². The number of carboxylic acid groups (broad SMARTS) is 1. The molecule has 1 unspecified atom stereocenters. The Morgan fingerprint density at radius 2 is 2.24 bits per heavy atom. The summed E-state index contributed by atoms with van der Waals surface area (Å²) in [7, 11) is 0. The normalized spacial score (nSPS) is 14.0. The summed E-state index contributed by atoms with van der Waals surface area (Å²) in [5, 5.41) is 15.2. The molecule has 0 bridgehead atoms. The Morgan fingerprint density at radius 3 is 2.71 bits per heavy atom. The molecule has 0 radical (unpaired) electrons. The van der Waals surface area contributed by atoms with Crippen LogP contribution in [0.5, 0.6) is 0 Å². The fourth-order valence-corrected chi connectivity index (χ4v) is 1.36. The summed E-state index contributed by atoms with van der Waals surface area (Å²) in [6.45, 7) is 3.64. The second kappa shape index (κ2) is 5.97. The first-order valence-electron chi connectivity index (χ1n) is 5.39. The quantitative estimate of drug-likeness (QED) is 0.723. The van der Waals surface area contributed by atoms with Crippen LogP contribution in [0.4, 0.5) is 0 Å². The van der Waals surface area contributed by atoms with Crippen LogP contribution in [0.1, 0.15) is 20.3 Å². The smallest absolute Gasteiger partial charge is 0.326 e. The lowest BCUT2D eigenvalue weighted by molar-refractivity contribution is -0.143. The SMILES string of the molecule is CCC(C)[C@H](NC(=O)Cn1cncn1)C(=O)O. The second-order valence-corrected chi connectivity index (χ2v) is 3.86. The van der Waals surface area contributed by atoms with Gasteiger partial charge in [-0.3, -0.25) is 4.79 Å². The van der Waals surface area contributed by atoms with E-state index in [1.807, 2.05) is 6.92 Å². The van der Waals surface area contributed by atoms with E-state index in [1.165, 1.54) is 17.3 Å². The van der Waals surface area contributed by atoms with Gasteiger partial charge in [-0.2, -0.15) is 5.10 Å². The van der Waals surface area contributed by atoms with E-state index in [-0.39, 0.29) is 18.4 Å². The standard InChI is InChI=1S/C10H16N4O3/c1-3-7(2)9(10(16)17)13-8(15)4-14-6-11-5-12-14/h5-7,9H,3-4H2,1-2H3,(H,13,15)(H,16,17)/t7?,9-/m0/s1. The molecule has 1 heterocycles.